The summed E-state index contributed by atoms with van der Waals surface area (Å²) in [7, 11) is 0. The molecule has 3 rings (SSSR count). The van der Waals surface area contributed by atoms with Crippen molar-refractivity contribution >= 4 is 23.0 Å². The van der Waals surface area contributed by atoms with Gasteiger partial charge in [0.15, 0.2) is 5.11 Å². The minimum atomic E-state index is -0.455. The largest absolute Gasteiger partial charge is 0.388 e. The zero-order valence-electron chi connectivity index (χ0n) is 13.7. The normalized spacial score (nSPS) is 21.7. The molecule has 126 valence electrons. The zero-order chi connectivity index (χ0) is 16.8. The van der Waals surface area contributed by atoms with Gasteiger partial charge in [-0.3, -0.25) is 0 Å². The van der Waals surface area contributed by atoms with Crippen LogP contribution in [0.4, 0.5) is 5.69 Å². The number of nitrogens with one attached hydrogen (secondary N) is 2. The van der Waals surface area contributed by atoms with Crippen LogP contribution in [0.5, 0.6) is 0 Å². The van der Waals surface area contributed by atoms with Crippen molar-refractivity contribution in [2.24, 2.45) is 5.92 Å². The van der Waals surface area contributed by atoms with Crippen molar-refractivity contribution in [3.05, 3.63) is 66.2 Å². The summed E-state index contributed by atoms with van der Waals surface area (Å²) in [6, 6.07) is 20.0. The first kappa shape index (κ1) is 16.9. The maximum atomic E-state index is 10.8. The lowest BCUT2D eigenvalue weighted by molar-refractivity contribution is 0.0672. The Balaban J connectivity index is 1.65. The van der Waals surface area contributed by atoms with E-state index in [-0.39, 0.29) is 12.0 Å². The van der Waals surface area contributed by atoms with Gasteiger partial charge in [0, 0.05) is 17.6 Å². The molecule has 0 aromatic heterocycles. The van der Waals surface area contributed by atoms with Gasteiger partial charge in [-0.1, -0.05) is 61.4 Å². The Labute approximate surface area is 149 Å². The molecule has 3 N–H and O–H groups in total. The second kappa shape index (κ2) is 8.27. The quantitative estimate of drug-likeness (QED) is 0.728. The van der Waals surface area contributed by atoms with Crippen molar-refractivity contribution in [2.45, 2.75) is 37.8 Å². The van der Waals surface area contributed by atoms with Crippen LogP contribution >= 0.6 is 12.2 Å². The van der Waals surface area contributed by atoms with Crippen molar-refractivity contribution in [3.63, 3.8) is 0 Å². The highest BCUT2D eigenvalue weighted by Crippen LogP contribution is 2.34. The summed E-state index contributed by atoms with van der Waals surface area (Å²) in [6.45, 7) is 0. The first-order valence-electron chi connectivity index (χ1n) is 8.59. The molecule has 4 heteroatoms. The molecule has 1 fully saturated rings. The molecular weight excluding hydrogens is 316 g/mol. The van der Waals surface area contributed by atoms with Gasteiger partial charge in [0.05, 0.1) is 6.10 Å². The zero-order valence-corrected chi connectivity index (χ0v) is 14.5. The van der Waals surface area contributed by atoms with Gasteiger partial charge in [0.2, 0.25) is 0 Å². The summed E-state index contributed by atoms with van der Waals surface area (Å²) < 4.78 is 0. The maximum Gasteiger partial charge on any atom is 0.171 e. The Morgan fingerprint density at radius 2 is 1.58 bits per heavy atom. The molecule has 0 heterocycles. The fourth-order valence-corrected chi connectivity index (χ4v) is 3.74. The molecule has 24 heavy (non-hydrogen) atoms. The van der Waals surface area contributed by atoms with E-state index >= 15 is 0 Å². The van der Waals surface area contributed by atoms with Crippen LogP contribution in [-0.2, 0) is 0 Å². The Bertz CT molecular complexity index is 647. The number of thiocarbonyl (C=S) groups is 1. The molecule has 0 unspecified atom stereocenters. The summed E-state index contributed by atoms with van der Waals surface area (Å²) in [4.78, 5) is 0. The Kier molecular flexibility index (Phi) is 5.83. The molecule has 0 bridgehead atoms. The van der Waals surface area contributed by atoms with Crippen molar-refractivity contribution in [3.8, 4) is 0 Å². The third-order valence-electron chi connectivity index (χ3n) is 4.71. The van der Waals surface area contributed by atoms with Crippen LogP contribution in [0, 0.1) is 5.92 Å². The molecule has 1 aliphatic rings. The molecule has 0 spiro atoms. The second-order valence-corrected chi connectivity index (χ2v) is 6.78. The second-order valence-electron chi connectivity index (χ2n) is 6.37. The van der Waals surface area contributed by atoms with Crippen molar-refractivity contribution < 1.29 is 5.11 Å². The van der Waals surface area contributed by atoms with Gasteiger partial charge >= 0.3 is 0 Å². The minimum Gasteiger partial charge on any atom is -0.388 e. The van der Waals surface area contributed by atoms with E-state index in [9.17, 15) is 5.11 Å². The molecule has 1 saturated carbocycles. The van der Waals surface area contributed by atoms with E-state index in [2.05, 4.69) is 10.6 Å². The van der Waals surface area contributed by atoms with Crippen LogP contribution in [0.15, 0.2) is 60.7 Å². The minimum absolute atomic E-state index is 0.177. The van der Waals surface area contributed by atoms with E-state index in [0.29, 0.717) is 5.11 Å². The number of benzene rings is 2. The van der Waals surface area contributed by atoms with Crippen LogP contribution in [0.3, 0.4) is 0 Å². The highest BCUT2D eigenvalue weighted by molar-refractivity contribution is 7.80. The summed E-state index contributed by atoms with van der Waals surface area (Å²) in [6.07, 6.45) is 3.92. The standard InChI is InChI=1S/C20H24N2OS/c23-19(15-9-3-1-4-10-15)17-13-7-8-14-18(17)22-20(24)21-16-11-5-2-6-12-16/h1-6,9-12,17-19,23H,7-8,13-14H2,(H2,21,22,24)/t17-,18+,19-/m1/s1. The fraction of sp³-hybridized carbons (Fsp3) is 0.350. The maximum absolute atomic E-state index is 10.8. The van der Waals surface area contributed by atoms with Crippen LogP contribution < -0.4 is 10.6 Å². The SMILES string of the molecule is O[C@H](c1ccccc1)[C@@H]1CCCC[C@@H]1NC(=S)Nc1ccccc1. The molecule has 2 aromatic rings. The number of anilines is 1. The third-order valence-corrected chi connectivity index (χ3v) is 4.93. The highest BCUT2D eigenvalue weighted by Gasteiger charge is 2.32. The smallest absolute Gasteiger partial charge is 0.171 e. The number of hydrogen-bond donors (Lipinski definition) is 3. The molecule has 3 nitrogen and oxygen atoms in total. The highest BCUT2D eigenvalue weighted by atomic mass is 32.1. The number of hydrogen-bond acceptors (Lipinski definition) is 2. The van der Waals surface area contributed by atoms with E-state index < -0.39 is 6.10 Å². The Morgan fingerprint density at radius 3 is 2.29 bits per heavy atom. The molecule has 1 aliphatic carbocycles. The molecule has 0 aliphatic heterocycles. The lowest BCUT2D eigenvalue weighted by Crippen LogP contribution is -2.45. The predicted molar refractivity (Wildman–Crippen MR) is 103 cm³/mol. The number of rotatable bonds is 4. The van der Waals surface area contributed by atoms with Gasteiger partial charge in [-0.15, -0.1) is 0 Å². The topological polar surface area (TPSA) is 44.3 Å². The van der Waals surface area contributed by atoms with E-state index in [0.717, 1.165) is 30.5 Å². The Hall–Kier alpha value is -1.91. The molecule has 0 amide bonds. The number of aliphatic hydroxyl groups is 1. The van der Waals surface area contributed by atoms with Gasteiger partial charge in [-0.25, -0.2) is 0 Å². The van der Waals surface area contributed by atoms with Crippen LogP contribution in [-0.4, -0.2) is 16.3 Å². The van der Waals surface area contributed by atoms with Gasteiger partial charge in [0.25, 0.3) is 0 Å². The molecule has 0 saturated heterocycles. The lowest BCUT2D eigenvalue weighted by atomic mass is 9.79. The molecular formula is C20H24N2OS. The van der Waals surface area contributed by atoms with E-state index in [1.807, 2.05) is 60.7 Å². The monoisotopic (exact) mass is 340 g/mol. The number of aliphatic hydroxyl groups excluding tert-OH is 1. The third kappa shape index (κ3) is 4.34. The number of para-hydroxylation sites is 1. The van der Waals surface area contributed by atoms with Gasteiger partial charge in [-0.2, -0.15) is 0 Å². The summed E-state index contributed by atoms with van der Waals surface area (Å²) in [5.41, 5.74) is 1.96. The predicted octanol–water partition coefficient (Wildman–Crippen LogP) is 4.27. The molecule has 0 radical (unpaired) electrons. The fourth-order valence-electron chi connectivity index (χ4n) is 3.47. The van der Waals surface area contributed by atoms with Gasteiger partial charge in [0.1, 0.15) is 0 Å². The first-order chi connectivity index (χ1) is 11.7. The summed E-state index contributed by atoms with van der Waals surface area (Å²) in [5.74, 6) is 0.177. The van der Waals surface area contributed by atoms with Crippen LogP contribution in [0.25, 0.3) is 0 Å². The van der Waals surface area contributed by atoms with Crippen molar-refractivity contribution in [1.82, 2.24) is 5.32 Å². The van der Waals surface area contributed by atoms with E-state index in [1.54, 1.807) is 0 Å². The average molecular weight is 340 g/mol. The van der Waals surface area contributed by atoms with E-state index in [4.69, 9.17) is 12.2 Å². The van der Waals surface area contributed by atoms with Crippen LogP contribution in [0.1, 0.15) is 37.4 Å². The average Bonchev–Trinajstić information content (AvgIpc) is 2.63. The summed E-state index contributed by atoms with van der Waals surface area (Å²) in [5, 5.41) is 18.1. The van der Waals surface area contributed by atoms with Gasteiger partial charge in [-0.05, 0) is 42.8 Å². The first-order valence-corrected chi connectivity index (χ1v) is 9.00. The van der Waals surface area contributed by atoms with E-state index in [1.165, 1.54) is 6.42 Å². The molecule has 2 aromatic carbocycles. The van der Waals surface area contributed by atoms with Gasteiger partial charge < -0.3 is 15.7 Å². The lowest BCUT2D eigenvalue weighted by Gasteiger charge is -2.36. The van der Waals surface area contributed by atoms with Crippen molar-refractivity contribution in [1.29, 1.82) is 0 Å². The van der Waals surface area contributed by atoms with Crippen molar-refractivity contribution in [2.75, 3.05) is 5.32 Å². The Morgan fingerprint density at radius 1 is 0.958 bits per heavy atom. The molecule has 3 atom stereocenters. The summed E-state index contributed by atoms with van der Waals surface area (Å²) >= 11 is 5.47. The van der Waals surface area contributed by atoms with Crippen LogP contribution in [0.2, 0.25) is 0 Å².